The van der Waals surface area contributed by atoms with Crippen molar-refractivity contribution in [1.82, 2.24) is 9.47 Å². The molecule has 0 unspecified atom stereocenters. The minimum Gasteiger partial charge on any atom is -0.395 e. The Hall–Kier alpha value is -1.85. The van der Waals surface area contributed by atoms with Gasteiger partial charge in [0.05, 0.1) is 19.6 Å². The molecule has 5 heteroatoms. The molecule has 0 spiro atoms. The highest BCUT2D eigenvalue weighted by molar-refractivity contribution is 5.89. The fourth-order valence-corrected chi connectivity index (χ4v) is 2.44. The van der Waals surface area contributed by atoms with E-state index in [4.69, 9.17) is 10.2 Å². The van der Waals surface area contributed by atoms with Gasteiger partial charge < -0.3 is 19.7 Å². The van der Waals surface area contributed by atoms with E-state index in [1.807, 2.05) is 42.1 Å². The lowest BCUT2D eigenvalue weighted by atomic mass is 10.1. The number of hydrogen-bond donors (Lipinski definition) is 2. The predicted octanol–water partition coefficient (Wildman–Crippen LogP) is 0.534. The molecule has 0 aliphatic carbocycles. The summed E-state index contributed by atoms with van der Waals surface area (Å²) in [5, 5.41) is 19.0. The number of hydrogen-bond acceptors (Lipinski definition) is 3. The van der Waals surface area contributed by atoms with Crippen molar-refractivity contribution in [2.24, 2.45) is 7.05 Å². The maximum Gasteiger partial charge on any atom is 0.227 e. The van der Waals surface area contributed by atoms with Gasteiger partial charge in [-0.15, -0.1) is 0 Å². The van der Waals surface area contributed by atoms with Gasteiger partial charge in [-0.2, -0.15) is 0 Å². The first-order valence-electron chi connectivity index (χ1n) is 6.69. The second-order valence-corrected chi connectivity index (χ2v) is 4.79. The Bertz CT molecular complexity index is 586. The van der Waals surface area contributed by atoms with E-state index in [-0.39, 0.29) is 38.6 Å². The quantitative estimate of drug-likeness (QED) is 0.809. The van der Waals surface area contributed by atoms with Gasteiger partial charge in [0.1, 0.15) is 0 Å². The Morgan fingerprint density at radius 2 is 1.85 bits per heavy atom. The first kappa shape index (κ1) is 14.6. The molecule has 1 aromatic carbocycles. The van der Waals surface area contributed by atoms with Crippen LogP contribution in [0.1, 0.15) is 5.56 Å². The second-order valence-electron chi connectivity index (χ2n) is 4.79. The molecular weight excluding hydrogens is 256 g/mol. The normalized spacial score (nSPS) is 10.9. The van der Waals surface area contributed by atoms with Crippen molar-refractivity contribution in [2.75, 3.05) is 26.3 Å². The number of amides is 1. The third-order valence-corrected chi connectivity index (χ3v) is 3.41. The summed E-state index contributed by atoms with van der Waals surface area (Å²) in [4.78, 5) is 13.7. The summed E-state index contributed by atoms with van der Waals surface area (Å²) >= 11 is 0. The molecule has 0 bridgehead atoms. The topological polar surface area (TPSA) is 65.7 Å². The molecule has 0 atom stereocenters. The smallest absolute Gasteiger partial charge is 0.227 e. The molecule has 2 aromatic rings. The Balaban J connectivity index is 2.20. The highest BCUT2D eigenvalue weighted by atomic mass is 16.3. The molecule has 108 valence electrons. The van der Waals surface area contributed by atoms with E-state index in [9.17, 15) is 4.79 Å². The number of benzene rings is 1. The van der Waals surface area contributed by atoms with Crippen molar-refractivity contribution < 1.29 is 15.0 Å². The van der Waals surface area contributed by atoms with Crippen LogP contribution in [0.15, 0.2) is 30.5 Å². The lowest BCUT2D eigenvalue weighted by Gasteiger charge is -2.20. The van der Waals surface area contributed by atoms with Gasteiger partial charge >= 0.3 is 0 Å². The molecule has 2 rings (SSSR count). The van der Waals surface area contributed by atoms with Gasteiger partial charge in [0.25, 0.3) is 0 Å². The second kappa shape index (κ2) is 6.54. The zero-order valence-electron chi connectivity index (χ0n) is 11.6. The van der Waals surface area contributed by atoms with Crippen molar-refractivity contribution in [3.8, 4) is 0 Å². The van der Waals surface area contributed by atoms with Crippen LogP contribution in [0.5, 0.6) is 0 Å². The van der Waals surface area contributed by atoms with E-state index in [1.54, 1.807) is 0 Å². The molecule has 0 saturated heterocycles. The van der Waals surface area contributed by atoms with E-state index in [2.05, 4.69) is 0 Å². The van der Waals surface area contributed by atoms with Crippen molar-refractivity contribution in [2.45, 2.75) is 6.42 Å². The number of aromatic nitrogens is 1. The van der Waals surface area contributed by atoms with Gasteiger partial charge in [-0.25, -0.2) is 0 Å². The first-order valence-corrected chi connectivity index (χ1v) is 6.69. The molecule has 0 saturated carbocycles. The highest BCUT2D eigenvalue weighted by Gasteiger charge is 2.15. The Morgan fingerprint density at radius 3 is 2.50 bits per heavy atom. The van der Waals surface area contributed by atoms with Crippen LogP contribution in [-0.2, 0) is 18.3 Å². The summed E-state index contributed by atoms with van der Waals surface area (Å²) in [6.45, 7) is 0.316. The molecule has 2 N–H and O–H groups in total. The number of nitrogens with zero attached hydrogens (tertiary/aromatic N) is 2. The van der Waals surface area contributed by atoms with Crippen LogP contribution in [0.25, 0.3) is 10.9 Å². The number of fused-ring (bicyclic) bond motifs is 1. The van der Waals surface area contributed by atoms with Crippen molar-refractivity contribution >= 4 is 16.8 Å². The molecule has 0 fully saturated rings. The molecule has 0 aliphatic heterocycles. The lowest BCUT2D eigenvalue weighted by Crippen LogP contribution is -2.36. The van der Waals surface area contributed by atoms with Gasteiger partial charge in [-0.05, 0) is 11.6 Å². The average Bonchev–Trinajstić information content (AvgIpc) is 2.76. The van der Waals surface area contributed by atoms with Crippen molar-refractivity contribution in [3.05, 3.63) is 36.0 Å². The summed E-state index contributed by atoms with van der Waals surface area (Å²) in [6, 6.07) is 7.94. The van der Waals surface area contributed by atoms with Crippen LogP contribution in [0.3, 0.4) is 0 Å². The van der Waals surface area contributed by atoms with E-state index < -0.39 is 0 Å². The maximum absolute atomic E-state index is 12.2. The van der Waals surface area contributed by atoms with Crippen LogP contribution in [0, 0.1) is 0 Å². The van der Waals surface area contributed by atoms with Gasteiger partial charge in [-0.3, -0.25) is 4.79 Å². The van der Waals surface area contributed by atoms with E-state index in [0.29, 0.717) is 0 Å². The highest BCUT2D eigenvalue weighted by Crippen LogP contribution is 2.21. The van der Waals surface area contributed by atoms with Crippen LogP contribution >= 0.6 is 0 Å². The molecule has 1 amide bonds. The number of aryl methyl sites for hydroxylation is 1. The first-order chi connectivity index (χ1) is 9.67. The average molecular weight is 276 g/mol. The summed E-state index contributed by atoms with van der Waals surface area (Å²) in [6.07, 6.45) is 2.24. The summed E-state index contributed by atoms with van der Waals surface area (Å²) in [7, 11) is 1.95. The molecule has 5 nitrogen and oxygen atoms in total. The third-order valence-electron chi connectivity index (χ3n) is 3.41. The zero-order valence-corrected chi connectivity index (χ0v) is 11.6. The predicted molar refractivity (Wildman–Crippen MR) is 77.4 cm³/mol. The number of carbonyl (C=O) groups excluding carboxylic acids is 1. The summed E-state index contributed by atoms with van der Waals surface area (Å²) < 4.78 is 2.00. The van der Waals surface area contributed by atoms with Crippen LogP contribution in [0.4, 0.5) is 0 Å². The van der Waals surface area contributed by atoms with Gasteiger partial charge in [0, 0.05) is 37.2 Å². The number of rotatable bonds is 6. The molecule has 1 heterocycles. The lowest BCUT2D eigenvalue weighted by molar-refractivity contribution is -0.131. The van der Waals surface area contributed by atoms with E-state index >= 15 is 0 Å². The molecule has 0 radical (unpaired) electrons. The summed E-state index contributed by atoms with van der Waals surface area (Å²) in [5.41, 5.74) is 2.06. The maximum atomic E-state index is 12.2. The van der Waals surface area contributed by atoms with Crippen LogP contribution in [0.2, 0.25) is 0 Å². The number of aliphatic hydroxyl groups excluding tert-OH is 2. The number of aliphatic hydroxyl groups is 2. The third kappa shape index (κ3) is 3.00. The van der Waals surface area contributed by atoms with Gasteiger partial charge in [0.2, 0.25) is 5.91 Å². The Labute approximate surface area is 118 Å². The minimum atomic E-state index is -0.0960. The van der Waals surface area contributed by atoms with E-state index in [0.717, 1.165) is 16.5 Å². The van der Waals surface area contributed by atoms with E-state index in [1.165, 1.54) is 4.90 Å². The zero-order chi connectivity index (χ0) is 14.5. The summed E-state index contributed by atoms with van der Waals surface area (Å²) in [5.74, 6) is -0.0792. The molecule has 20 heavy (non-hydrogen) atoms. The molecular formula is C15H20N2O3. The monoisotopic (exact) mass is 276 g/mol. The largest absolute Gasteiger partial charge is 0.395 e. The standard InChI is InChI=1S/C15H20N2O3/c1-16-11-12(13-4-2-3-5-14(13)16)10-15(20)17(6-8-18)7-9-19/h2-5,11,18-19H,6-10H2,1H3. The Kier molecular flexibility index (Phi) is 4.76. The van der Waals surface area contributed by atoms with Gasteiger partial charge in [0.15, 0.2) is 0 Å². The number of carbonyl (C=O) groups is 1. The fraction of sp³-hybridized carbons (Fsp3) is 0.400. The van der Waals surface area contributed by atoms with Crippen molar-refractivity contribution in [1.29, 1.82) is 0 Å². The SMILES string of the molecule is Cn1cc(CC(=O)N(CCO)CCO)c2ccccc21. The van der Waals surface area contributed by atoms with Crippen LogP contribution < -0.4 is 0 Å². The van der Waals surface area contributed by atoms with Crippen LogP contribution in [-0.4, -0.2) is 51.9 Å². The van der Waals surface area contributed by atoms with Gasteiger partial charge in [-0.1, -0.05) is 18.2 Å². The number of para-hydroxylation sites is 1. The Morgan fingerprint density at radius 1 is 1.20 bits per heavy atom. The fourth-order valence-electron chi connectivity index (χ4n) is 2.44. The molecule has 1 aromatic heterocycles. The molecule has 0 aliphatic rings. The van der Waals surface area contributed by atoms with Crippen molar-refractivity contribution in [3.63, 3.8) is 0 Å². The minimum absolute atomic E-state index is 0.0792.